The number of carbonyl (C=O) groups is 1. The molecule has 0 aliphatic heterocycles. The van der Waals surface area contributed by atoms with Crippen LogP contribution in [0.15, 0.2) is 79.0 Å². The SMILES string of the molecule is COCCCc1cc(CN(C(=O)C(CN)Cc2ccc(OCCOc3c(Cl)cc(C)cc3Cl)cc2)C2CC2)cc(OCCc2ccccn2)c1. The van der Waals surface area contributed by atoms with Crippen LogP contribution in [-0.4, -0.2) is 61.9 Å². The Balaban J connectivity index is 1.18. The summed E-state index contributed by atoms with van der Waals surface area (Å²) in [4.78, 5) is 20.5. The van der Waals surface area contributed by atoms with Crippen molar-refractivity contribution in [1.82, 2.24) is 9.88 Å². The van der Waals surface area contributed by atoms with Gasteiger partial charge in [-0.05, 0) is 110 Å². The van der Waals surface area contributed by atoms with Crippen LogP contribution in [0.3, 0.4) is 0 Å². The molecule has 5 rings (SSSR count). The Kier molecular flexibility index (Phi) is 14.2. The molecule has 0 bridgehead atoms. The normalized spacial score (nSPS) is 13.1. The molecule has 1 aromatic heterocycles. The van der Waals surface area contributed by atoms with Gasteiger partial charge in [0.1, 0.15) is 24.7 Å². The van der Waals surface area contributed by atoms with Crippen molar-refractivity contribution in [3.63, 3.8) is 0 Å². The Labute approximate surface area is 305 Å². The van der Waals surface area contributed by atoms with Gasteiger partial charge in [-0.3, -0.25) is 9.78 Å². The molecule has 1 atom stereocenters. The zero-order valence-corrected chi connectivity index (χ0v) is 30.4. The third-order valence-electron chi connectivity index (χ3n) is 8.60. The number of aromatic nitrogens is 1. The molecular formula is C40H47Cl2N3O5. The highest BCUT2D eigenvalue weighted by Crippen LogP contribution is 2.34. The van der Waals surface area contributed by atoms with Gasteiger partial charge in [0.05, 0.1) is 22.6 Å². The van der Waals surface area contributed by atoms with Gasteiger partial charge in [-0.1, -0.05) is 47.5 Å². The third-order valence-corrected chi connectivity index (χ3v) is 9.16. The number of hydrogen-bond donors (Lipinski definition) is 1. The van der Waals surface area contributed by atoms with Crippen molar-refractivity contribution >= 4 is 29.1 Å². The predicted octanol–water partition coefficient (Wildman–Crippen LogP) is 7.66. The quantitative estimate of drug-likeness (QED) is 0.0937. The number of benzene rings is 3. The smallest absolute Gasteiger partial charge is 0.227 e. The molecule has 0 saturated heterocycles. The van der Waals surface area contributed by atoms with Crippen LogP contribution in [-0.2, 0) is 35.3 Å². The van der Waals surface area contributed by atoms with Gasteiger partial charge in [-0.2, -0.15) is 0 Å². The molecule has 1 aliphatic rings. The van der Waals surface area contributed by atoms with Crippen LogP contribution in [0.2, 0.25) is 10.0 Å². The van der Waals surface area contributed by atoms with E-state index in [1.54, 1.807) is 13.3 Å². The lowest BCUT2D eigenvalue weighted by atomic mass is 9.97. The summed E-state index contributed by atoms with van der Waals surface area (Å²) < 4.78 is 23.1. The van der Waals surface area contributed by atoms with Crippen LogP contribution in [0.1, 0.15) is 47.2 Å². The predicted molar refractivity (Wildman–Crippen MR) is 199 cm³/mol. The molecule has 266 valence electrons. The Hall–Kier alpha value is -3.82. The van der Waals surface area contributed by atoms with E-state index in [-0.39, 0.29) is 24.4 Å². The molecule has 1 heterocycles. The van der Waals surface area contributed by atoms with Crippen molar-refractivity contribution in [1.29, 1.82) is 0 Å². The van der Waals surface area contributed by atoms with Crippen molar-refractivity contribution < 1.29 is 23.7 Å². The maximum Gasteiger partial charge on any atom is 0.227 e. The molecule has 10 heteroatoms. The fraction of sp³-hybridized carbons (Fsp3) is 0.400. The van der Waals surface area contributed by atoms with E-state index >= 15 is 0 Å². The molecule has 8 nitrogen and oxygen atoms in total. The highest BCUT2D eigenvalue weighted by molar-refractivity contribution is 6.37. The van der Waals surface area contributed by atoms with E-state index in [0.717, 1.165) is 60.2 Å². The second-order valence-electron chi connectivity index (χ2n) is 12.7. The fourth-order valence-electron chi connectivity index (χ4n) is 5.90. The van der Waals surface area contributed by atoms with E-state index in [4.69, 9.17) is 47.9 Å². The van der Waals surface area contributed by atoms with Crippen molar-refractivity contribution in [2.45, 2.75) is 58.0 Å². The zero-order valence-electron chi connectivity index (χ0n) is 28.9. The van der Waals surface area contributed by atoms with Gasteiger partial charge < -0.3 is 29.6 Å². The summed E-state index contributed by atoms with van der Waals surface area (Å²) in [6.45, 7) is 4.53. The van der Waals surface area contributed by atoms with E-state index in [9.17, 15) is 4.79 Å². The largest absolute Gasteiger partial charge is 0.493 e. The molecule has 0 radical (unpaired) electrons. The summed E-state index contributed by atoms with van der Waals surface area (Å²) in [5, 5.41) is 0.947. The summed E-state index contributed by atoms with van der Waals surface area (Å²) >= 11 is 12.6. The molecule has 1 fully saturated rings. The Morgan fingerprint density at radius 2 is 1.58 bits per heavy atom. The number of halogens is 2. The number of rotatable bonds is 20. The van der Waals surface area contributed by atoms with Crippen LogP contribution in [0, 0.1) is 12.8 Å². The summed E-state index contributed by atoms with van der Waals surface area (Å²) in [5.41, 5.74) is 11.4. The number of nitrogens with two attached hydrogens (primary N) is 1. The maximum atomic E-state index is 14.0. The number of amides is 1. The van der Waals surface area contributed by atoms with Gasteiger partial charge in [0.15, 0.2) is 5.75 Å². The monoisotopic (exact) mass is 719 g/mol. The number of pyridine rings is 1. The highest BCUT2D eigenvalue weighted by atomic mass is 35.5. The Morgan fingerprint density at radius 3 is 2.26 bits per heavy atom. The lowest BCUT2D eigenvalue weighted by Gasteiger charge is -2.27. The number of ether oxygens (including phenoxy) is 4. The lowest BCUT2D eigenvalue weighted by molar-refractivity contribution is -0.136. The molecule has 1 saturated carbocycles. The van der Waals surface area contributed by atoms with Crippen LogP contribution in [0.25, 0.3) is 0 Å². The van der Waals surface area contributed by atoms with E-state index in [1.165, 1.54) is 5.56 Å². The minimum absolute atomic E-state index is 0.0864. The van der Waals surface area contributed by atoms with Gasteiger partial charge >= 0.3 is 0 Å². The minimum Gasteiger partial charge on any atom is -0.493 e. The zero-order chi connectivity index (χ0) is 35.3. The van der Waals surface area contributed by atoms with E-state index < -0.39 is 0 Å². The number of methoxy groups -OCH3 is 1. The Morgan fingerprint density at radius 1 is 0.860 bits per heavy atom. The number of aryl methyl sites for hydroxylation is 2. The first-order chi connectivity index (χ1) is 24.3. The van der Waals surface area contributed by atoms with Crippen molar-refractivity contribution in [2.24, 2.45) is 11.7 Å². The average Bonchev–Trinajstić information content (AvgIpc) is 3.95. The highest BCUT2D eigenvalue weighted by Gasteiger charge is 2.35. The molecule has 1 amide bonds. The second kappa shape index (κ2) is 19.0. The number of hydrogen-bond acceptors (Lipinski definition) is 7. The molecule has 2 N–H and O–H groups in total. The maximum absolute atomic E-state index is 14.0. The first kappa shape index (κ1) is 37.4. The summed E-state index contributed by atoms with van der Waals surface area (Å²) in [7, 11) is 1.72. The van der Waals surface area contributed by atoms with Gasteiger partial charge in [0.25, 0.3) is 0 Å². The summed E-state index contributed by atoms with van der Waals surface area (Å²) in [5.74, 6) is 1.72. The average molecular weight is 721 g/mol. The molecule has 0 spiro atoms. The first-order valence-electron chi connectivity index (χ1n) is 17.3. The molecule has 3 aromatic carbocycles. The molecule has 1 aliphatic carbocycles. The third kappa shape index (κ3) is 11.4. The van der Waals surface area contributed by atoms with Crippen LogP contribution in [0.4, 0.5) is 0 Å². The lowest BCUT2D eigenvalue weighted by Crippen LogP contribution is -2.41. The van der Waals surface area contributed by atoms with Crippen LogP contribution >= 0.6 is 23.2 Å². The molecule has 1 unspecified atom stereocenters. The topological polar surface area (TPSA) is 96.1 Å². The molecular weight excluding hydrogens is 673 g/mol. The van der Waals surface area contributed by atoms with Gasteiger partial charge in [0, 0.05) is 51.2 Å². The van der Waals surface area contributed by atoms with E-state index in [2.05, 4.69) is 23.2 Å². The molecule has 50 heavy (non-hydrogen) atoms. The van der Waals surface area contributed by atoms with Gasteiger partial charge in [0.2, 0.25) is 5.91 Å². The van der Waals surface area contributed by atoms with Gasteiger partial charge in [-0.15, -0.1) is 0 Å². The fourth-order valence-corrected chi connectivity index (χ4v) is 6.60. The Bertz CT molecular complexity index is 1640. The summed E-state index contributed by atoms with van der Waals surface area (Å²) in [6, 6.07) is 23.9. The van der Waals surface area contributed by atoms with E-state index in [0.29, 0.717) is 60.9 Å². The van der Waals surface area contributed by atoms with E-state index in [1.807, 2.05) is 66.4 Å². The number of nitrogens with zero attached hydrogens (tertiary/aromatic N) is 2. The number of carbonyl (C=O) groups excluding carboxylic acids is 1. The minimum atomic E-state index is -0.334. The standard InChI is InChI=1S/C40H47Cl2N3O5/c1-28-20-37(41)39(38(42)21-28)50-19-18-49-35-12-8-29(9-13-35)23-32(26-43)40(46)45(34-10-11-34)27-31-22-30(6-5-16-47-2)24-36(25-31)48-17-14-33-7-3-4-15-44-33/h3-4,7-9,12-13,15,20-22,24-25,32,34H,5-6,10-11,14,16-19,23,26-27,43H2,1-2H3. The van der Waals surface area contributed by atoms with Crippen LogP contribution in [0.5, 0.6) is 17.2 Å². The second-order valence-corrected chi connectivity index (χ2v) is 13.5. The van der Waals surface area contributed by atoms with Gasteiger partial charge in [-0.25, -0.2) is 0 Å². The van der Waals surface area contributed by atoms with Crippen LogP contribution < -0.4 is 19.9 Å². The first-order valence-corrected chi connectivity index (χ1v) is 18.0. The van der Waals surface area contributed by atoms with Crippen molar-refractivity contribution in [3.05, 3.63) is 117 Å². The van der Waals surface area contributed by atoms with Crippen molar-refractivity contribution in [2.75, 3.05) is 40.1 Å². The molecule has 4 aromatic rings. The summed E-state index contributed by atoms with van der Waals surface area (Å²) in [6.07, 6.45) is 6.84. The van der Waals surface area contributed by atoms with Crippen molar-refractivity contribution in [3.8, 4) is 17.2 Å².